The number of carbonyl (C=O) groups excluding carboxylic acids is 1. The van der Waals surface area contributed by atoms with E-state index in [0.29, 0.717) is 24.5 Å². The van der Waals surface area contributed by atoms with Gasteiger partial charge in [-0.2, -0.15) is 0 Å². The first kappa shape index (κ1) is 19.1. The molecule has 2 aliphatic heterocycles. The third-order valence-corrected chi connectivity index (χ3v) is 5.48. The van der Waals surface area contributed by atoms with Crippen molar-refractivity contribution in [2.75, 3.05) is 33.0 Å². The molecule has 0 aromatic heterocycles. The molecule has 2 heterocycles. The fraction of sp³-hybridized carbons (Fsp3) is 0.381. The zero-order chi connectivity index (χ0) is 19.6. The molecule has 0 aliphatic carbocycles. The molecular formula is C21H23ClN2O4. The Balaban J connectivity index is 1.44. The van der Waals surface area contributed by atoms with Gasteiger partial charge < -0.3 is 19.9 Å². The van der Waals surface area contributed by atoms with Crippen LogP contribution in [0.2, 0.25) is 5.02 Å². The number of hydrogen-bond acceptors (Lipinski definition) is 5. The minimum atomic E-state index is -0.501. The van der Waals surface area contributed by atoms with E-state index in [0.717, 1.165) is 29.2 Å². The van der Waals surface area contributed by atoms with Gasteiger partial charge in [0.1, 0.15) is 0 Å². The number of ether oxygens (including phenoxy) is 2. The van der Waals surface area contributed by atoms with Gasteiger partial charge in [-0.1, -0.05) is 29.8 Å². The summed E-state index contributed by atoms with van der Waals surface area (Å²) in [5, 5.41) is 12.6. The maximum absolute atomic E-state index is 12.8. The summed E-state index contributed by atoms with van der Waals surface area (Å²) < 4.78 is 10.8. The summed E-state index contributed by atoms with van der Waals surface area (Å²) in [6.07, 6.45) is 0.638. The van der Waals surface area contributed by atoms with Crippen molar-refractivity contribution in [2.24, 2.45) is 5.41 Å². The molecule has 0 saturated carbocycles. The van der Waals surface area contributed by atoms with E-state index in [1.165, 1.54) is 0 Å². The van der Waals surface area contributed by atoms with E-state index in [4.69, 9.17) is 26.2 Å². The zero-order valence-corrected chi connectivity index (χ0v) is 16.2. The Hall–Kier alpha value is -2.28. The number of carbonyl (C=O) groups is 1. The summed E-state index contributed by atoms with van der Waals surface area (Å²) in [5.41, 5.74) is 1.70. The smallest absolute Gasteiger partial charge is 0.231 e. The lowest BCUT2D eigenvalue weighted by atomic mass is 9.73. The first-order valence-corrected chi connectivity index (χ1v) is 9.70. The third-order valence-electron chi connectivity index (χ3n) is 5.23. The highest BCUT2D eigenvalue weighted by Gasteiger charge is 2.48. The zero-order valence-electron chi connectivity index (χ0n) is 15.5. The quantitative estimate of drug-likeness (QED) is 0.743. The summed E-state index contributed by atoms with van der Waals surface area (Å²) in [6, 6.07) is 13.6. The summed E-state index contributed by atoms with van der Waals surface area (Å²) >= 11 is 5.98. The van der Waals surface area contributed by atoms with Crippen LogP contribution >= 0.6 is 11.6 Å². The monoisotopic (exact) mass is 402 g/mol. The van der Waals surface area contributed by atoms with Crippen molar-refractivity contribution in [2.45, 2.75) is 13.0 Å². The maximum atomic E-state index is 12.8. The number of amides is 1. The molecule has 0 atom stereocenters. The lowest BCUT2D eigenvalue weighted by molar-refractivity contribution is -0.142. The molecule has 2 aromatic rings. The Kier molecular flexibility index (Phi) is 5.44. The Morgan fingerprint density at radius 1 is 1.11 bits per heavy atom. The average Bonchev–Trinajstić information content (AvgIpc) is 3.13. The number of nitrogens with one attached hydrogen (secondary N) is 1. The summed E-state index contributed by atoms with van der Waals surface area (Å²) in [4.78, 5) is 15.1. The van der Waals surface area contributed by atoms with Crippen LogP contribution in [0.4, 0.5) is 0 Å². The van der Waals surface area contributed by atoms with Crippen molar-refractivity contribution in [1.29, 1.82) is 0 Å². The molecule has 2 aromatic carbocycles. The van der Waals surface area contributed by atoms with E-state index in [-0.39, 0.29) is 25.9 Å². The van der Waals surface area contributed by atoms with Crippen LogP contribution in [0.5, 0.6) is 11.5 Å². The molecule has 2 aliphatic rings. The van der Waals surface area contributed by atoms with Crippen molar-refractivity contribution >= 4 is 17.5 Å². The van der Waals surface area contributed by atoms with E-state index < -0.39 is 5.41 Å². The van der Waals surface area contributed by atoms with Gasteiger partial charge in [-0.3, -0.25) is 9.69 Å². The van der Waals surface area contributed by atoms with Gasteiger partial charge in [0.15, 0.2) is 11.5 Å². The number of nitrogens with zero attached hydrogens (tertiary/aromatic N) is 1. The number of hydrogen-bond donors (Lipinski definition) is 2. The Morgan fingerprint density at radius 3 is 2.57 bits per heavy atom. The predicted molar refractivity (Wildman–Crippen MR) is 106 cm³/mol. The lowest BCUT2D eigenvalue weighted by Crippen LogP contribution is -2.64. The summed E-state index contributed by atoms with van der Waals surface area (Å²) in [7, 11) is 0. The second-order valence-corrected chi connectivity index (χ2v) is 7.83. The highest BCUT2D eigenvalue weighted by atomic mass is 35.5. The predicted octanol–water partition coefficient (Wildman–Crippen LogP) is 2.22. The molecule has 148 valence electrons. The molecule has 4 rings (SSSR count). The van der Waals surface area contributed by atoms with Crippen molar-refractivity contribution in [3.63, 3.8) is 0 Å². The minimum absolute atomic E-state index is 0.0153. The van der Waals surface area contributed by atoms with Gasteiger partial charge in [0.25, 0.3) is 0 Å². The molecule has 0 spiro atoms. The van der Waals surface area contributed by atoms with Crippen LogP contribution in [0.1, 0.15) is 11.1 Å². The van der Waals surface area contributed by atoms with Gasteiger partial charge in [-0.25, -0.2) is 0 Å². The molecule has 0 radical (unpaired) electrons. The van der Waals surface area contributed by atoms with Crippen molar-refractivity contribution < 1.29 is 19.4 Å². The van der Waals surface area contributed by atoms with Crippen molar-refractivity contribution in [1.82, 2.24) is 10.2 Å². The van der Waals surface area contributed by atoms with Gasteiger partial charge in [0, 0.05) is 31.2 Å². The Labute approximate surface area is 169 Å². The normalized spacial score (nSPS) is 17.2. The number of rotatable bonds is 7. The lowest BCUT2D eigenvalue weighted by Gasteiger charge is -2.49. The topological polar surface area (TPSA) is 71.0 Å². The van der Waals surface area contributed by atoms with Crippen LogP contribution in [-0.2, 0) is 17.8 Å². The molecule has 1 fully saturated rings. The van der Waals surface area contributed by atoms with Crippen LogP contribution in [0.25, 0.3) is 0 Å². The molecule has 28 heavy (non-hydrogen) atoms. The summed E-state index contributed by atoms with van der Waals surface area (Å²) in [5.74, 6) is 1.53. The first-order chi connectivity index (χ1) is 13.6. The van der Waals surface area contributed by atoms with Gasteiger partial charge in [-0.15, -0.1) is 0 Å². The standard InChI is InChI=1S/C21H23ClN2O4/c22-17-4-1-15(2-5-17)10-21(20(26)23-7-8-25)12-24(13-21)11-16-3-6-18-19(9-16)28-14-27-18/h1-6,9,25H,7-8,10-14H2,(H,23,26). The van der Waals surface area contributed by atoms with Gasteiger partial charge in [-0.05, 0) is 41.8 Å². The van der Waals surface area contributed by atoms with E-state index in [1.807, 2.05) is 42.5 Å². The molecular weight excluding hydrogens is 380 g/mol. The number of aliphatic hydroxyl groups excluding tert-OH is 1. The van der Waals surface area contributed by atoms with Crippen LogP contribution in [-0.4, -0.2) is 48.9 Å². The highest BCUT2D eigenvalue weighted by Crippen LogP contribution is 2.38. The number of halogens is 1. The van der Waals surface area contributed by atoms with Gasteiger partial charge in [0.2, 0.25) is 12.7 Å². The van der Waals surface area contributed by atoms with Crippen LogP contribution in [0.15, 0.2) is 42.5 Å². The molecule has 1 amide bonds. The Morgan fingerprint density at radius 2 is 1.82 bits per heavy atom. The molecule has 0 bridgehead atoms. The molecule has 1 saturated heterocycles. The van der Waals surface area contributed by atoms with Gasteiger partial charge >= 0.3 is 0 Å². The van der Waals surface area contributed by atoms with E-state index in [9.17, 15) is 4.79 Å². The fourth-order valence-corrected chi connectivity index (χ4v) is 4.03. The van der Waals surface area contributed by atoms with Crippen LogP contribution in [0, 0.1) is 5.41 Å². The van der Waals surface area contributed by atoms with Crippen molar-refractivity contribution in [3.8, 4) is 11.5 Å². The van der Waals surface area contributed by atoms with Crippen molar-refractivity contribution in [3.05, 3.63) is 58.6 Å². The average molecular weight is 403 g/mol. The first-order valence-electron chi connectivity index (χ1n) is 9.32. The number of aliphatic hydroxyl groups is 1. The Bertz CT molecular complexity index is 850. The minimum Gasteiger partial charge on any atom is -0.454 e. The van der Waals surface area contributed by atoms with Gasteiger partial charge in [0.05, 0.1) is 12.0 Å². The third kappa shape index (κ3) is 3.94. The van der Waals surface area contributed by atoms with Crippen LogP contribution < -0.4 is 14.8 Å². The highest BCUT2D eigenvalue weighted by molar-refractivity contribution is 6.30. The SMILES string of the molecule is O=C(NCCO)C1(Cc2ccc(Cl)cc2)CN(Cc2ccc3c(c2)OCO3)C1. The van der Waals surface area contributed by atoms with E-state index in [2.05, 4.69) is 10.2 Å². The fourth-order valence-electron chi connectivity index (χ4n) is 3.90. The summed E-state index contributed by atoms with van der Waals surface area (Å²) in [6.45, 7) is 2.51. The second-order valence-electron chi connectivity index (χ2n) is 7.40. The number of likely N-dealkylation sites (tertiary alicyclic amines) is 1. The second kappa shape index (κ2) is 7.99. The number of benzene rings is 2. The number of fused-ring (bicyclic) bond motifs is 1. The molecule has 7 heteroatoms. The van der Waals surface area contributed by atoms with E-state index in [1.54, 1.807) is 0 Å². The van der Waals surface area contributed by atoms with Crippen LogP contribution in [0.3, 0.4) is 0 Å². The van der Waals surface area contributed by atoms with E-state index >= 15 is 0 Å². The molecule has 0 unspecified atom stereocenters. The largest absolute Gasteiger partial charge is 0.454 e. The maximum Gasteiger partial charge on any atom is 0.231 e. The molecule has 2 N–H and O–H groups in total. The molecule has 6 nitrogen and oxygen atoms in total.